The van der Waals surface area contributed by atoms with Gasteiger partial charge in [-0.05, 0) is 56.3 Å². The fourth-order valence-corrected chi connectivity index (χ4v) is 9.74. The second-order valence-corrected chi connectivity index (χ2v) is 20.9. The minimum atomic E-state index is -4.41. The van der Waals surface area contributed by atoms with E-state index in [1.54, 1.807) is 38.2 Å². The number of aryl methyl sites for hydroxylation is 2. The predicted octanol–water partition coefficient (Wildman–Crippen LogP) is 8.49. The first-order valence-electron chi connectivity index (χ1n) is 15.6. The van der Waals surface area contributed by atoms with Gasteiger partial charge < -0.3 is 41.9 Å². The number of esters is 2. The average molecular weight is 908 g/mol. The van der Waals surface area contributed by atoms with Crippen LogP contribution in [0.15, 0.2) is 48.5 Å². The van der Waals surface area contributed by atoms with Crippen molar-refractivity contribution < 1.29 is 55.8 Å². The Balaban J connectivity index is 2.55. The monoisotopic (exact) mass is 905 g/mol. The summed E-state index contributed by atoms with van der Waals surface area (Å²) in [5, 5.41) is 0. The Kier molecular flexibility index (Phi) is 19.5. The number of halogens is 6. The molecule has 2 aromatic rings. The van der Waals surface area contributed by atoms with Crippen LogP contribution in [0.3, 0.4) is 0 Å². The van der Waals surface area contributed by atoms with E-state index in [0.717, 1.165) is 45.3 Å². The molecule has 2 aromatic carbocycles. The van der Waals surface area contributed by atoms with Gasteiger partial charge in [-0.25, -0.2) is 0 Å². The molecule has 4 atom stereocenters. The van der Waals surface area contributed by atoms with Crippen molar-refractivity contribution in [2.75, 3.05) is 62.8 Å². The summed E-state index contributed by atoms with van der Waals surface area (Å²) in [5.41, 5.74) is 1.90. The second kappa shape index (κ2) is 21.5. The van der Waals surface area contributed by atoms with Crippen LogP contribution in [0.2, 0.25) is 0 Å². The van der Waals surface area contributed by atoms with E-state index in [1.807, 2.05) is 36.4 Å². The number of benzene rings is 2. The molecule has 0 aliphatic carbocycles. The number of hydrogen-bond donors (Lipinski definition) is 0. The maximum atomic E-state index is 14.1. The van der Waals surface area contributed by atoms with E-state index in [9.17, 15) is 18.7 Å². The maximum Gasteiger partial charge on any atom is 0.374 e. The normalized spacial score (nSPS) is 15.0. The average Bonchev–Trinajstić information content (AvgIpc) is 3.11. The van der Waals surface area contributed by atoms with Crippen LogP contribution in [0.5, 0.6) is 11.5 Å². The third-order valence-corrected chi connectivity index (χ3v) is 14.0. The zero-order valence-electron chi connectivity index (χ0n) is 30.0. The van der Waals surface area contributed by atoms with Crippen LogP contribution in [0.1, 0.15) is 17.5 Å². The minimum absolute atomic E-state index is 0.117. The Morgan fingerprint density at radius 3 is 1.81 bits per heavy atom. The molecule has 0 unspecified atom stereocenters. The SMILES string of the molecule is COc1cccc(CCc2ccccc2OC[C@H](CN(C)C)[C@H](CC(=O)O[C@H](C(Cl)(Cl)Cl)P(=O)(OC)OC)C(=O)O[C@H](C(Cl)(Cl)Cl)P(=O)(OC)OC)c1. The van der Waals surface area contributed by atoms with Crippen molar-refractivity contribution in [2.24, 2.45) is 11.8 Å². The summed E-state index contributed by atoms with van der Waals surface area (Å²) in [6.45, 7) is -0.0548. The number of carbonyl (C=O) groups excluding carboxylic acids is 2. The minimum Gasteiger partial charge on any atom is -0.497 e. The van der Waals surface area contributed by atoms with Gasteiger partial charge in [0.25, 0.3) is 0 Å². The fraction of sp³-hybridized carbons (Fsp3) is 0.562. The maximum absolute atomic E-state index is 14.1. The predicted molar refractivity (Wildman–Crippen MR) is 206 cm³/mol. The van der Waals surface area contributed by atoms with E-state index in [2.05, 4.69) is 0 Å². The van der Waals surface area contributed by atoms with Gasteiger partial charge in [0.1, 0.15) is 11.5 Å². The molecule has 0 N–H and O–H groups in total. The van der Waals surface area contributed by atoms with Gasteiger partial charge in [-0.1, -0.05) is 99.9 Å². The number of carbonyl (C=O) groups is 2. The topological polar surface area (TPSA) is 145 Å². The number of nitrogens with zero attached hydrogens (tertiary/aromatic N) is 1. The highest BCUT2D eigenvalue weighted by Gasteiger charge is 2.54. The summed E-state index contributed by atoms with van der Waals surface area (Å²) in [4.78, 5) is 29.4. The molecule has 0 spiro atoms. The van der Waals surface area contributed by atoms with Gasteiger partial charge in [-0.2, -0.15) is 0 Å². The van der Waals surface area contributed by atoms with E-state index < -0.39 is 64.7 Å². The van der Waals surface area contributed by atoms with Crippen LogP contribution in [0.25, 0.3) is 0 Å². The standard InChI is InChI=1S/C32H43Cl6NO12P2/c1-39(2)19-23(20-49-26-14-9-8-12-22(26)16-15-21-11-10-13-24(17-21)44-3)25(28(41)51-30(32(36,37)38)53(43,47-6)48-7)18-27(40)50-29(31(33,34)35)52(42,45-4)46-5/h8-14,17,23,25,29-30H,15-16,18-20H2,1-7H3/t23-,25-,29-,30-/m0/s1. The van der Waals surface area contributed by atoms with Gasteiger partial charge in [0.2, 0.25) is 19.3 Å². The van der Waals surface area contributed by atoms with Crippen LogP contribution >= 0.6 is 84.8 Å². The highest BCUT2D eigenvalue weighted by molar-refractivity contribution is 7.55. The summed E-state index contributed by atoms with van der Waals surface area (Å²) in [5.74, 6) is -7.63. The van der Waals surface area contributed by atoms with E-state index in [0.29, 0.717) is 18.6 Å². The molecule has 0 aromatic heterocycles. The molecule has 53 heavy (non-hydrogen) atoms. The summed E-state index contributed by atoms with van der Waals surface area (Å²) < 4.78 is 63.9. The molecule has 0 heterocycles. The quantitative estimate of drug-likeness (QED) is 0.0671. The van der Waals surface area contributed by atoms with Crippen LogP contribution in [-0.2, 0) is 59.1 Å². The second-order valence-electron chi connectivity index (χ2n) is 11.6. The Morgan fingerprint density at radius 2 is 1.30 bits per heavy atom. The molecule has 2 rings (SSSR count). The fourth-order valence-electron chi connectivity index (χ4n) is 5.07. The molecular weight excluding hydrogens is 865 g/mol. The zero-order valence-corrected chi connectivity index (χ0v) is 36.3. The lowest BCUT2D eigenvalue weighted by Crippen LogP contribution is -2.42. The number of rotatable bonds is 21. The lowest BCUT2D eigenvalue weighted by molar-refractivity contribution is -0.160. The molecule has 0 bridgehead atoms. The van der Waals surface area contributed by atoms with E-state index >= 15 is 0 Å². The van der Waals surface area contributed by atoms with Crippen molar-refractivity contribution in [3.63, 3.8) is 0 Å². The number of alkyl halides is 6. The largest absolute Gasteiger partial charge is 0.497 e. The first-order valence-corrected chi connectivity index (χ1v) is 21.1. The molecule has 0 amide bonds. The van der Waals surface area contributed by atoms with Crippen molar-refractivity contribution >= 4 is 96.7 Å². The first kappa shape index (κ1) is 48.1. The summed E-state index contributed by atoms with van der Waals surface area (Å²) in [6, 6.07) is 15.0. The van der Waals surface area contributed by atoms with Crippen molar-refractivity contribution in [1.29, 1.82) is 0 Å². The van der Waals surface area contributed by atoms with Gasteiger partial charge in [0, 0.05) is 40.9 Å². The van der Waals surface area contributed by atoms with Crippen LogP contribution in [0.4, 0.5) is 0 Å². The number of methoxy groups -OCH3 is 1. The van der Waals surface area contributed by atoms with Gasteiger partial charge in [0.05, 0.1) is 26.1 Å². The van der Waals surface area contributed by atoms with Crippen molar-refractivity contribution in [1.82, 2.24) is 4.90 Å². The summed E-state index contributed by atoms with van der Waals surface area (Å²) in [6.07, 6.45) is 0.457. The smallest absolute Gasteiger partial charge is 0.374 e. The Bertz CT molecular complexity index is 1580. The Labute approximate surface area is 340 Å². The summed E-state index contributed by atoms with van der Waals surface area (Å²) in [7, 11) is 0.272. The molecule has 0 radical (unpaired) electrons. The Morgan fingerprint density at radius 1 is 0.755 bits per heavy atom. The van der Waals surface area contributed by atoms with Crippen molar-refractivity contribution in [3.05, 3.63) is 59.7 Å². The number of hydrogen-bond acceptors (Lipinski definition) is 13. The molecule has 13 nitrogen and oxygen atoms in total. The highest BCUT2D eigenvalue weighted by Crippen LogP contribution is 2.61. The van der Waals surface area contributed by atoms with Crippen LogP contribution in [-0.4, -0.2) is 98.9 Å². The van der Waals surface area contributed by atoms with E-state index in [4.69, 9.17) is 107 Å². The molecule has 0 aliphatic heterocycles. The van der Waals surface area contributed by atoms with Crippen molar-refractivity contribution in [2.45, 2.75) is 38.5 Å². The Hall–Kier alpha value is -1.02. The van der Waals surface area contributed by atoms with Crippen LogP contribution < -0.4 is 9.47 Å². The third-order valence-electron chi connectivity index (χ3n) is 7.72. The molecular formula is C32H43Cl6NO12P2. The first-order chi connectivity index (χ1) is 24.7. The van der Waals surface area contributed by atoms with Gasteiger partial charge >= 0.3 is 27.1 Å². The molecule has 0 saturated heterocycles. The molecule has 0 fully saturated rings. The number of ether oxygens (including phenoxy) is 4. The van der Waals surface area contributed by atoms with Crippen LogP contribution in [0, 0.1) is 11.8 Å². The van der Waals surface area contributed by atoms with E-state index in [1.165, 1.54) is 0 Å². The van der Waals surface area contributed by atoms with E-state index in [-0.39, 0.29) is 13.2 Å². The highest BCUT2D eigenvalue weighted by atomic mass is 35.6. The van der Waals surface area contributed by atoms with Gasteiger partial charge in [0.15, 0.2) is 0 Å². The van der Waals surface area contributed by atoms with Gasteiger partial charge in [-0.15, -0.1) is 0 Å². The molecule has 0 saturated carbocycles. The zero-order chi connectivity index (χ0) is 40.2. The molecule has 300 valence electrons. The molecule has 21 heteroatoms. The third kappa shape index (κ3) is 14.5. The number of para-hydroxylation sites is 1. The lowest BCUT2D eigenvalue weighted by atomic mass is 9.89. The lowest BCUT2D eigenvalue weighted by Gasteiger charge is -2.33. The molecule has 0 aliphatic rings. The summed E-state index contributed by atoms with van der Waals surface area (Å²) >= 11 is 36.4. The van der Waals surface area contributed by atoms with Gasteiger partial charge in [-0.3, -0.25) is 18.7 Å². The van der Waals surface area contributed by atoms with Crippen molar-refractivity contribution in [3.8, 4) is 11.5 Å².